The predicted molar refractivity (Wildman–Crippen MR) is 59.7 cm³/mol. The van der Waals surface area contributed by atoms with E-state index in [4.69, 9.17) is 9.84 Å². The number of aliphatic hydroxyl groups is 1. The van der Waals surface area contributed by atoms with E-state index in [9.17, 15) is 4.79 Å². The molecule has 0 amide bonds. The van der Waals surface area contributed by atoms with Gasteiger partial charge >= 0.3 is 0 Å². The van der Waals surface area contributed by atoms with E-state index in [2.05, 4.69) is 4.98 Å². The van der Waals surface area contributed by atoms with Crippen LogP contribution >= 0.6 is 0 Å². The number of pyridine rings is 1. The first-order valence-corrected chi connectivity index (χ1v) is 5.21. The van der Waals surface area contributed by atoms with E-state index >= 15 is 0 Å². The molecule has 1 aromatic carbocycles. The maximum absolute atomic E-state index is 11.7. The van der Waals surface area contributed by atoms with Crippen molar-refractivity contribution >= 4 is 10.9 Å². The van der Waals surface area contributed by atoms with Crippen molar-refractivity contribution < 1.29 is 9.84 Å². The summed E-state index contributed by atoms with van der Waals surface area (Å²) < 4.78 is 5.48. The minimum Gasteiger partial charge on any atom is -0.492 e. The van der Waals surface area contributed by atoms with Crippen molar-refractivity contribution in [2.75, 3.05) is 6.61 Å². The molecule has 1 aliphatic heterocycles. The number of aromatic nitrogens is 1. The summed E-state index contributed by atoms with van der Waals surface area (Å²) in [5, 5.41) is 9.94. The highest BCUT2D eigenvalue weighted by Gasteiger charge is 2.19. The molecule has 0 unspecified atom stereocenters. The molecule has 4 nitrogen and oxygen atoms in total. The molecule has 0 saturated carbocycles. The van der Waals surface area contributed by atoms with Gasteiger partial charge in [0.25, 0.3) is 5.56 Å². The maximum Gasteiger partial charge on any atom is 0.255 e. The SMILES string of the molecule is O=c1[nH]c2cc(CO)ccc2c2c1CCO2. The lowest BCUT2D eigenvalue weighted by molar-refractivity contribution is 0.282. The third kappa shape index (κ3) is 1.23. The van der Waals surface area contributed by atoms with Gasteiger partial charge in [-0.05, 0) is 17.7 Å². The fourth-order valence-corrected chi connectivity index (χ4v) is 2.10. The molecule has 2 heterocycles. The number of benzene rings is 1. The lowest BCUT2D eigenvalue weighted by atomic mass is 10.1. The maximum atomic E-state index is 11.7. The number of nitrogens with one attached hydrogen (secondary N) is 1. The van der Waals surface area contributed by atoms with E-state index in [0.29, 0.717) is 18.8 Å². The largest absolute Gasteiger partial charge is 0.492 e. The van der Waals surface area contributed by atoms with Crippen LogP contribution in [0.1, 0.15) is 11.1 Å². The average Bonchev–Trinajstić information content (AvgIpc) is 2.78. The van der Waals surface area contributed by atoms with Crippen LogP contribution in [-0.2, 0) is 13.0 Å². The molecule has 1 aromatic heterocycles. The van der Waals surface area contributed by atoms with Crippen LogP contribution in [0.3, 0.4) is 0 Å². The standard InChI is InChI=1S/C12H11NO3/c14-6-7-1-2-8-10(5-7)13-12(15)9-3-4-16-11(8)9/h1-2,5,14H,3-4,6H2,(H,13,15). The number of hydrogen-bond acceptors (Lipinski definition) is 3. The van der Waals surface area contributed by atoms with Crippen LogP contribution in [0.25, 0.3) is 10.9 Å². The van der Waals surface area contributed by atoms with Crippen LogP contribution in [0.2, 0.25) is 0 Å². The molecule has 0 bridgehead atoms. The van der Waals surface area contributed by atoms with E-state index in [-0.39, 0.29) is 12.2 Å². The lowest BCUT2D eigenvalue weighted by Crippen LogP contribution is -2.10. The van der Waals surface area contributed by atoms with Crippen molar-refractivity contribution in [1.29, 1.82) is 0 Å². The van der Waals surface area contributed by atoms with Crippen molar-refractivity contribution in [1.82, 2.24) is 4.98 Å². The molecular weight excluding hydrogens is 206 g/mol. The fraction of sp³-hybridized carbons (Fsp3) is 0.250. The topological polar surface area (TPSA) is 62.3 Å². The van der Waals surface area contributed by atoms with Gasteiger partial charge in [-0.1, -0.05) is 6.07 Å². The Hall–Kier alpha value is -1.81. The summed E-state index contributed by atoms with van der Waals surface area (Å²) in [4.78, 5) is 14.5. The Labute approximate surface area is 91.5 Å². The fourth-order valence-electron chi connectivity index (χ4n) is 2.10. The molecule has 16 heavy (non-hydrogen) atoms. The second kappa shape index (κ2) is 3.35. The summed E-state index contributed by atoms with van der Waals surface area (Å²) in [6, 6.07) is 5.49. The van der Waals surface area contributed by atoms with Gasteiger partial charge in [0.1, 0.15) is 5.75 Å². The van der Waals surface area contributed by atoms with Gasteiger partial charge in [0.05, 0.1) is 24.3 Å². The number of rotatable bonds is 1. The Balaban J connectivity index is 2.38. The zero-order chi connectivity index (χ0) is 11.1. The van der Waals surface area contributed by atoms with Gasteiger partial charge in [-0.25, -0.2) is 0 Å². The third-order valence-electron chi connectivity index (χ3n) is 2.91. The van der Waals surface area contributed by atoms with Gasteiger partial charge < -0.3 is 14.8 Å². The van der Waals surface area contributed by atoms with E-state index in [1.807, 2.05) is 12.1 Å². The highest BCUT2D eigenvalue weighted by molar-refractivity contribution is 5.87. The molecule has 0 radical (unpaired) electrons. The molecule has 2 N–H and O–H groups in total. The van der Waals surface area contributed by atoms with Crippen LogP contribution in [0.15, 0.2) is 23.0 Å². The highest BCUT2D eigenvalue weighted by Crippen LogP contribution is 2.30. The summed E-state index contributed by atoms with van der Waals surface area (Å²) in [6.07, 6.45) is 0.669. The van der Waals surface area contributed by atoms with E-state index in [0.717, 1.165) is 22.0 Å². The van der Waals surface area contributed by atoms with Crippen molar-refractivity contribution in [3.63, 3.8) is 0 Å². The van der Waals surface area contributed by atoms with Crippen LogP contribution < -0.4 is 10.3 Å². The molecule has 0 saturated heterocycles. The van der Waals surface area contributed by atoms with Crippen LogP contribution in [0.4, 0.5) is 0 Å². The first-order valence-electron chi connectivity index (χ1n) is 5.21. The highest BCUT2D eigenvalue weighted by atomic mass is 16.5. The van der Waals surface area contributed by atoms with Crippen molar-refractivity contribution in [2.24, 2.45) is 0 Å². The average molecular weight is 217 g/mol. The Morgan fingerprint density at radius 2 is 2.31 bits per heavy atom. The van der Waals surface area contributed by atoms with Crippen LogP contribution in [0, 0.1) is 0 Å². The van der Waals surface area contributed by atoms with Gasteiger partial charge in [-0.15, -0.1) is 0 Å². The molecular formula is C12H11NO3. The van der Waals surface area contributed by atoms with Gasteiger partial charge in [0.2, 0.25) is 0 Å². The molecule has 2 aromatic rings. The number of aromatic amines is 1. The minimum atomic E-state index is -0.0879. The molecule has 1 aliphatic rings. The number of hydrogen-bond donors (Lipinski definition) is 2. The van der Waals surface area contributed by atoms with E-state index in [1.165, 1.54) is 0 Å². The molecule has 4 heteroatoms. The van der Waals surface area contributed by atoms with Gasteiger partial charge in [0, 0.05) is 11.8 Å². The molecule has 0 fully saturated rings. The minimum absolute atomic E-state index is 0.0318. The molecule has 82 valence electrons. The zero-order valence-electron chi connectivity index (χ0n) is 8.62. The molecule has 0 aliphatic carbocycles. The summed E-state index contributed by atoms with van der Waals surface area (Å²) in [5.74, 6) is 0.697. The predicted octanol–water partition coefficient (Wildman–Crippen LogP) is 0.955. The zero-order valence-corrected chi connectivity index (χ0v) is 8.62. The normalized spacial score (nSPS) is 13.8. The first kappa shape index (κ1) is 9.42. The second-order valence-corrected chi connectivity index (χ2v) is 3.90. The number of aliphatic hydroxyl groups excluding tert-OH is 1. The second-order valence-electron chi connectivity index (χ2n) is 3.90. The quantitative estimate of drug-likeness (QED) is 0.747. The lowest BCUT2D eigenvalue weighted by Gasteiger charge is -2.05. The number of ether oxygens (including phenoxy) is 1. The summed E-state index contributed by atoms with van der Waals surface area (Å²) in [6.45, 7) is 0.537. The Bertz CT molecular complexity index is 615. The van der Waals surface area contributed by atoms with E-state index < -0.39 is 0 Å². The van der Waals surface area contributed by atoms with Gasteiger partial charge in [0.15, 0.2) is 0 Å². The Morgan fingerprint density at radius 1 is 1.44 bits per heavy atom. The van der Waals surface area contributed by atoms with Crippen molar-refractivity contribution in [3.05, 3.63) is 39.7 Å². The monoisotopic (exact) mass is 217 g/mol. The summed E-state index contributed by atoms with van der Waals surface area (Å²) in [7, 11) is 0. The van der Waals surface area contributed by atoms with Gasteiger partial charge in [-0.2, -0.15) is 0 Å². The Morgan fingerprint density at radius 3 is 3.12 bits per heavy atom. The Kier molecular flexibility index (Phi) is 1.97. The molecule has 0 atom stereocenters. The van der Waals surface area contributed by atoms with E-state index in [1.54, 1.807) is 6.07 Å². The van der Waals surface area contributed by atoms with Crippen molar-refractivity contribution in [2.45, 2.75) is 13.0 Å². The van der Waals surface area contributed by atoms with Crippen LogP contribution in [-0.4, -0.2) is 16.7 Å². The number of H-pyrrole nitrogens is 1. The third-order valence-corrected chi connectivity index (χ3v) is 2.91. The number of fused-ring (bicyclic) bond motifs is 3. The van der Waals surface area contributed by atoms with Crippen molar-refractivity contribution in [3.8, 4) is 5.75 Å². The summed E-state index contributed by atoms with van der Waals surface area (Å²) >= 11 is 0. The first-order chi connectivity index (χ1) is 7.79. The summed E-state index contributed by atoms with van der Waals surface area (Å²) in [5.41, 5.74) is 2.14. The van der Waals surface area contributed by atoms with Crippen LogP contribution in [0.5, 0.6) is 5.75 Å². The molecule has 0 spiro atoms. The smallest absolute Gasteiger partial charge is 0.255 e. The van der Waals surface area contributed by atoms with Gasteiger partial charge in [-0.3, -0.25) is 4.79 Å². The molecule has 3 rings (SSSR count).